The summed E-state index contributed by atoms with van der Waals surface area (Å²) in [6.45, 7) is 0. The molecule has 6 nitrogen and oxygen atoms in total. The summed E-state index contributed by atoms with van der Waals surface area (Å²) >= 11 is 0. The molecule has 0 heterocycles. The van der Waals surface area contributed by atoms with Gasteiger partial charge in [0.1, 0.15) is 24.7 Å². The molecule has 0 rings (SSSR count). The van der Waals surface area contributed by atoms with Gasteiger partial charge in [-0.1, -0.05) is 0 Å². The molecular formula is C8H8N2O4S. The Bertz CT molecular complexity index is 424. The van der Waals surface area contributed by atoms with Crippen LogP contribution < -0.4 is 0 Å². The Morgan fingerprint density at radius 1 is 1.07 bits per heavy atom. The Morgan fingerprint density at radius 3 is 1.60 bits per heavy atom. The van der Waals surface area contributed by atoms with Crippen LogP contribution in [0.5, 0.6) is 0 Å². The first-order valence-electron chi connectivity index (χ1n) is 3.55. The van der Waals surface area contributed by atoms with Crippen LogP contribution in [0.15, 0.2) is 22.3 Å². The molecule has 0 aliphatic rings. The average Bonchev–Trinajstić information content (AvgIpc) is 2.21. The van der Waals surface area contributed by atoms with Crippen molar-refractivity contribution in [2.24, 2.45) is 0 Å². The fourth-order valence-electron chi connectivity index (χ4n) is 0.632. The van der Waals surface area contributed by atoms with Crippen molar-refractivity contribution in [2.45, 2.75) is 0 Å². The Kier molecular flexibility index (Phi) is 4.93. The first-order chi connectivity index (χ1) is 7.04. The number of hydrogen-bond donors (Lipinski definition) is 0. The predicted molar refractivity (Wildman–Crippen MR) is 50.3 cm³/mol. The quantitative estimate of drug-likeness (QED) is 0.510. The van der Waals surface area contributed by atoms with Gasteiger partial charge in [-0.2, -0.15) is 10.5 Å². The number of nitriles is 2. The first-order valence-corrected chi connectivity index (χ1v) is 5.04. The van der Waals surface area contributed by atoms with Crippen molar-refractivity contribution in [1.82, 2.24) is 0 Å². The molecule has 0 radical (unpaired) electrons. The largest absolute Gasteiger partial charge is 0.502 e. The van der Waals surface area contributed by atoms with Gasteiger partial charge in [0.05, 0.1) is 14.2 Å². The van der Waals surface area contributed by atoms with E-state index in [-0.39, 0.29) is 0 Å². The molecule has 0 spiro atoms. The number of rotatable bonds is 4. The normalized spacial score (nSPS) is 12.5. The average molecular weight is 228 g/mol. The van der Waals surface area contributed by atoms with Gasteiger partial charge < -0.3 is 9.47 Å². The summed E-state index contributed by atoms with van der Waals surface area (Å²) < 4.78 is 31.9. The van der Waals surface area contributed by atoms with Gasteiger partial charge in [0, 0.05) is 0 Å². The van der Waals surface area contributed by atoms with E-state index in [1.807, 2.05) is 0 Å². The van der Waals surface area contributed by atoms with Gasteiger partial charge in [-0.15, -0.1) is 0 Å². The minimum Gasteiger partial charge on any atom is -0.502 e. The molecule has 0 bridgehead atoms. The maximum Gasteiger partial charge on any atom is 0.232 e. The third-order valence-electron chi connectivity index (χ3n) is 1.25. The Morgan fingerprint density at radius 2 is 1.40 bits per heavy atom. The molecule has 0 aromatic carbocycles. The van der Waals surface area contributed by atoms with E-state index in [1.165, 1.54) is 26.4 Å². The van der Waals surface area contributed by atoms with E-state index in [9.17, 15) is 8.42 Å². The molecule has 0 aliphatic heterocycles. The lowest BCUT2D eigenvalue weighted by molar-refractivity contribution is 0.336. The van der Waals surface area contributed by atoms with Gasteiger partial charge in [-0.3, -0.25) is 0 Å². The lowest BCUT2D eigenvalue weighted by atomic mass is 10.7. The molecular weight excluding hydrogens is 220 g/mol. The maximum absolute atomic E-state index is 11.5. The molecule has 0 amide bonds. The van der Waals surface area contributed by atoms with Crippen LogP contribution >= 0.6 is 0 Å². The monoisotopic (exact) mass is 228 g/mol. The fraction of sp³-hybridized carbons (Fsp3) is 0.250. The summed E-state index contributed by atoms with van der Waals surface area (Å²) in [5.41, 5.74) is 0. The standard InChI is InChI=1S/C8H8N2O4S/c1-13-5-7(3-9)15(11,12)8(4-10)6-14-2/h5-6H,1-2H3/b7-5-,8-6+. The van der Waals surface area contributed by atoms with Crippen LogP contribution in [0.4, 0.5) is 0 Å². The van der Waals surface area contributed by atoms with Crippen LogP contribution in [0.2, 0.25) is 0 Å². The fourth-order valence-corrected chi connectivity index (χ4v) is 1.56. The van der Waals surface area contributed by atoms with Crippen LogP contribution in [0, 0.1) is 22.7 Å². The van der Waals surface area contributed by atoms with E-state index in [4.69, 9.17) is 10.5 Å². The second-order valence-electron chi connectivity index (χ2n) is 2.16. The zero-order valence-corrected chi connectivity index (χ0v) is 8.91. The Labute approximate surface area is 87.6 Å². The number of ether oxygens (including phenoxy) is 2. The van der Waals surface area contributed by atoms with E-state index in [0.717, 1.165) is 12.5 Å². The van der Waals surface area contributed by atoms with Crippen molar-refractivity contribution in [1.29, 1.82) is 10.5 Å². The molecule has 0 saturated heterocycles. The van der Waals surface area contributed by atoms with Crippen molar-refractivity contribution in [3.63, 3.8) is 0 Å². The van der Waals surface area contributed by atoms with Crippen LogP contribution in [0.1, 0.15) is 0 Å². The number of hydrogen-bond acceptors (Lipinski definition) is 6. The summed E-state index contributed by atoms with van der Waals surface area (Å²) in [5.74, 6) is 0. The van der Waals surface area contributed by atoms with Gasteiger partial charge in [0.25, 0.3) is 0 Å². The molecule has 0 unspecified atom stereocenters. The van der Waals surface area contributed by atoms with Crippen molar-refractivity contribution >= 4 is 9.84 Å². The van der Waals surface area contributed by atoms with E-state index in [0.29, 0.717) is 0 Å². The van der Waals surface area contributed by atoms with Crippen LogP contribution in [-0.4, -0.2) is 22.6 Å². The van der Waals surface area contributed by atoms with Crippen molar-refractivity contribution in [3.05, 3.63) is 22.3 Å². The minimum atomic E-state index is -4.14. The van der Waals surface area contributed by atoms with E-state index in [2.05, 4.69) is 9.47 Å². The molecule has 0 fully saturated rings. The molecule has 0 aliphatic carbocycles. The molecule has 0 N–H and O–H groups in total. The van der Waals surface area contributed by atoms with E-state index >= 15 is 0 Å². The van der Waals surface area contributed by atoms with Gasteiger partial charge >= 0.3 is 0 Å². The lowest BCUT2D eigenvalue weighted by Crippen LogP contribution is -2.06. The number of allylic oxidation sites excluding steroid dienone is 2. The van der Waals surface area contributed by atoms with Gasteiger partial charge in [-0.05, 0) is 0 Å². The summed E-state index contributed by atoms with van der Waals surface area (Å²) in [6, 6.07) is 2.83. The van der Waals surface area contributed by atoms with Gasteiger partial charge in [-0.25, -0.2) is 8.42 Å². The SMILES string of the molecule is CO/C=C(/C#N)S(=O)(=O)/C(C#N)=C/OC. The highest BCUT2D eigenvalue weighted by Gasteiger charge is 2.24. The summed E-state index contributed by atoms with van der Waals surface area (Å²) in [7, 11) is -1.75. The third kappa shape index (κ3) is 3.01. The molecule has 15 heavy (non-hydrogen) atoms. The van der Waals surface area contributed by atoms with Crippen molar-refractivity contribution < 1.29 is 17.9 Å². The summed E-state index contributed by atoms with van der Waals surface area (Å²) in [5, 5.41) is 17.1. The topological polar surface area (TPSA) is 100 Å². The molecule has 0 atom stereocenters. The van der Waals surface area contributed by atoms with Gasteiger partial charge in [0.2, 0.25) is 9.84 Å². The number of sulfone groups is 1. The highest BCUT2D eigenvalue weighted by Crippen LogP contribution is 2.16. The Balaban J connectivity index is 5.54. The van der Waals surface area contributed by atoms with Crippen LogP contribution in [0.25, 0.3) is 0 Å². The summed E-state index contributed by atoms with van der Waals surface area (Å²) in [6.07, 6.45) is 1.49. The van der Waals surface area contributed by atoms with E-state index < -0.39 is 19.6 Å². The van der Waals surface area contributed by atoms with Crippen molar-refractivity contribution in [2.75, 3.05) is 14.2 Å². The Hall–Kier alpha value is -1.99. The lowest BCUT2D eigenvalue weighted by Gasteiger charge is -1.99. The zero-order valence-electron chi connectivity index (χ0n) is 8.09. The predicted octanol–water partition coefficient (Wildman–Crippen LogP) is 0.424. The highest BCUT2D eigenvalue weighted by molar-refractivity contribution is 7.99. The molecule has 7 heteroatoms. The smallest absolute Gasteiger partial charge is 0.232 e. The van der Waals surface area contributed by atoms with Crippen LogP contribution in [-0.2, 0) is 19.3 Å². The second-order valence-corrected chi connectivity index (χ2v) is 4.05. The number of nitrogens with zero attached hydrogens (tertiary/aromatic N) is 2. The first kappa shape index (κ1) is 13.0. The highest BCUT2D eigenvalue weighted by atomic mass is 32.2. The second kappa shape index (κ2) is 5.68. The number of methoxy groups -OCH3 is 2. The van der Waals surface area contributed by atoms with Crippen molar-refractivity contribution in [3.8, 4) is 12.1 Å². The summed E-state index contributed by atoms with van der Waals surface area (Å²) in [4.78, 5) is -1.32. The van der Waals surface area contributed by atoms with Gasteiger partial charge in [0.15, 0.2) is 9.81 Å². The molecule has 0 saturated carbocycles. The zero-order chi connectivity index (χ0) is 11.9. The van der Waals surface area contributed by atoms with E-state index in [1.54, 1.807) is 0 Å². The third-order valence-corrected chi connectivity index (χ3v) is 2.78. The molecule has 0 aromatic rings. The molecule has 80 valence electrons. The minimum absolute atomic E-state index is 0.658. The molecule has 0 aromatic heterocycles. The van der Waals surface area contributed by atoms with Crippen LogP contribution in [0.3, 0.4) is 0 Å². The maximum atomic E-state index is 11.5.